The topological polar surface area (TPSA) is 72.9 Å². The van der Waals surface area contributed by atoms with Crippen molar-refractivity contribution in [3.8, 4) is 5.75 Å². The second kappa shape index (κ2) is 6.05. The summed E-state index contributed by atoms with van der Waals surface area (Å²) in [5.74, 6) is -0.528. The van der Waals surface area contributed by atoms with Crippen molar-refractivity contribution in [2.24, 2.45) is 0 Å². The van der Waals surface area contributed by atoms with Gasteiger partial charge in [0, 0.05) is 6.42 Å². The number of ether oxygens (including phenoxy) is 2. The normalized spacial score (nSPS) is 17.9. The van der Waals surface area contributed by atoms with E-state index in [1.165, 1.54) is 0 Å². The summed E-state index contributed by atoms with van der Waals surface area (Å²) in [4.78, 5) is 37.7. The molecule has 2 heterocycles. The van der Waals surface area contributed by atoms with Crippen LogP contribution in [0.4, 0.5) is 0 Å². The van der Waals surface area contributed by atoms with Crippen molar-refractivity contribution in [3.05, 3.63) is 65.2 Å². The third-order valence-electron chi connectivity index (χ3n) is 4.35. The molecule has 2 amide bonds. The predicted octanol–water partition coefficient (Wildman–Crippen LogP) is 1.83. The number of amides is 2. The molecule has 0 aliphatic carbocycles. The van der Waals surface area contributed by atoms with E-state index in [0.717, 1.165) is 10.5 Å². The molecule has 0 radical (unpaired) electrons. The van der Waals surface area contributed by atoms with E-state index in [4.69, 9.17) is 9.47 Å². The van der Waals surface area contributed by atoms with E-state index >= 15 is 0 Å². The zero-order valence-corrected chi connectivity index (χ0v) is 13.3. The number of para-hydroxylation sites is 1. The molecule has 126 valence electrons. The quantitative estimate of drug-likeness (QED) is 0.629. The third-order valence-corrected chi connectivity index (χ3v) is 4.35. The molecule has 2 aliphatic heterocycles. The first-order valence-electron chi connectivity index (χ1n) is 8.01. The Morgan fingerprint density at radius 3 is 2.36 bits per heavy atom. The first-order chi connectivity index (χ1) is 12.1. The number of imide groups is 1. The number of carbonyl (C=O) groups is 3. The van der Waals surface area contributed by atoms with E-state index in [1.807, 2.05) is 18.2 Å². The van der Waals surface area contributed by atoms with Gasteiger partial charge in [0.1, 0.15) is 12.4 Å². The molecule has 6 heteroatoms. The Morgan fingerprint density at radius 2 is 1.68 bits per heavy atom. The summed E-state index contributed by atoms with van der Waals surface area (Å²) in [6.45, 7) is -0.0295. The Bertz CT molecular complexity index is 816. The molecule has 0 saturated heterocycles. The minimum absolute atomic E-state index is 0.0256. The van der Waals surface area contributed by atoms with Gasteiger partial charge in [0.05, 0.1) is 17.7 Å². The van der Waals surface area contributed by atoms with E-state index in [9.17, 15) is 14.4 Å². The lowest BCUT2D eigenvalue weighted by Gasteiger charge is -2.15. The monoisotopic (exact) mass is 337 g/mol. The summed E-state index contributed by atoms with van der Waals surface area (Å²) in [5, 5.41) is 0. The van der Waals surface area contributed by atoms with Crippen molar-refractivity contribution in [1.82, 2.24) is 4.90 Å². The summed E-state index contributed by atoms with van der Waals surface area (Å²) in [6.07, 6.45) is -0.221. The number of rotatable bonds is 4. The maximum absolute atomic E-state index is 12.2. The molecule has 0 fully saturated rings. The molecule has 0 saturated carbocycles. The first-order valence-corrected chi connectivity index (χ1v) is 8.01. The van der Waals surface area contributed by atoms with Crippen LogP contribution in [0.1, 0.15) is 26.3 Å². The van der Waals surface area contributed by atoms with Crippen molar-refractivity contribution in [2.75, 3.05) is 13.2 Å². The van der Waals surface area contributed by atoms with Crippen LogP contribution >= 0.6 is 0 Å². The van der Waals surface area contributed by atoms with Gasteiger partial charge in [-0.25, -0.2) is 4.79 Å². The highest BCUT2D eigenvalue weighted by atomic mass is 16.6. The van der Waals surface area contributed by atoms with Crippen LogP contribution in [0.2, 0.25) is 0 Å². The minimum atomic E-state index is -0.681. The Hall–Kier alpha value is -3.15. The second-order valence-corrected chi connectivity index (χ2v) is 5.89. The van der Waals surface area contributed by atoms with Gasteiger partial charge in [-0.3, -0.25) is 14.5 Å². The second-order valence-electron chi connectivity index (χ2n) is 5.89. The Labute approximate surface area is 144 Å². The summed E-state index contributed by atoms with van der Waals surface area (Å²) in [7, 11) is 0. The van der Waals surface area contributed by atoms with E-state index in [1.54, 1.807) is 30.3 Å². The molecular weight excluding hydrogens is 322 g/mol. The standard InChI is InChI=1S/C19H15NO5/c21-17-13-6-2-3-7-14(13)18(22)20(17)9-10-24-19(23)16-11-12-5-1-4-8-15(12)25-16/h1-8,16H,9-11H2. The van der Waals surface area contributed by atoms with Crippen LogP contribution in [-0.2, 0) is 16.0 Å². The maximum atomic E-state index is 12.2. The van der Waals surface area contributed by atoms with E-state index < -0.39 is 12.1 Å². The van der Waals surface area contributed by atoms with Crippen LogP contribution in [0, 0.1) is 0 Å². The van der Waals surface area contributed by atoms with Crippen molar-refractivity contribution < 1.29 is 23.9 Å². The molecule has 4 rings (SSSR count). The van der Waals surface area contributed by atoms with E-state index in [0.29, 0.717) is 23.3 Å². The molecule has 2 aromatic rings. The van der Waals surface area contributed by atoms with Crippen LogP contribution in [0.3, 0.4) is 0 Å². The number of nitrogens with zero attached hydrogens (tertiary/aromatic N) is 1. The van der Waals surface area contributed by atoms with Crippen LogP contribution in [0.15, 0.2) is 48.5 Å². The zero-order chi connectivity index (χ0) is 17.4. The van der Waals surface area contributed by atoms with Crippen molar-refractivity contribution in [2.45, 2.75) is 12.5 Å². The number of fused-ring (bicyclic) bond motifs is 2. The summed E-state index contributed by atoms with van der Waals surface area (Å²) >= 11 is 0. The third kappa shape index (κ3) is 2.65. The average Bonchev–Trinajstić information content (AvgIpc) is 3.17. The van der Waals surface area contributed by atoms with Gasteiger partial charge in [0.25, 0.3) is 11.8 Å². The molecule has 0 spiro atoms. The van der Waals surface area contributed by atoms with Crippen LogP contribution in [0.25, 0.3) is 0 Å². The molecule has 2 aromatic carbocycles. The molecule has 25 heavy (non-hydrogen) atoms. The number of hydrogen-bond donors (Lipinski definition) is 0. The lowest BCUT2D eigenvalue weighted by atomic mass is 10.1. The van der Waals surface area contributed by atoms with E-state index in [2.05, 4.69) is 0 Å². The van der Waals surface area contributed by atoms with Gasteiger partial charge in [-0.2, -0.15) is 0 Å². The molecule has 0 bridgehead atoms. The molecule has 1 unspecified atom stereocenters. The average molecular weight is 337 g/mol. The summed E-state index contributed by atoms with van der Waals surface area (Å²) in [5.41, 5.74) is 1.73. The smallest absolute Gasteiger partial charge is 0.347 e. The highest BCUT2D eigenvalue weighted by molar-refractivity contribution is 6.21. The first kappa shape index (κ1) is 15.4. The maximum Gasteiger partial charge on any atom is 0.347 e. The summed E-state index contributed by atoms with van der Waals surface area (Å²) < 4.78 is 10.8. The number of benzene rings is 2. The Balaban J connectivity index is 1.33. The van der Waals surface area contributed by atoms with Gasteiger partial charge in [0.15, 0.2) is 6.10 Å². The van der Waals surface area contributed by atoms with Gasteiger partial charge in [-0.15, -0.1) is 0 Å². The Morgan fingerprint density at radius 1 is 1.04 bits per heavy atom. The predicted molar refractivity (Wildman–Crippen MR) is 87.3 cm³/mol. The number of esters is 1. The molecule has 2 aliphatic rings. The minimum Gasteiger partial charge on any atom is -0.478 e. The molecule has 1 atom stereocenters. The molecular formula is C19H15NO5. The zero-order valence-electron chi connectivity index (χ0n) is 13.3. The summed E-state index contributed by atoms with van der Waals surface area (Å²) in [6, 6.07) is 14.1. The van der Waals surface area contributed by atoms with E-state index in [-0.39, 0.29) is 25.0 Å². The van der Waals surface area contributed by atoms with Gasteiger partial charge in [0.2, 0.25) is 0 Å². The largest absolute Gasteiger partial charge is 0.478 e. The number of carbonyl (C=O) groups excluding carboxylic acids is 3. The lowest BCUT2D eigenvalue weighted by Crippen LogP contribution is -2.35. The highest BCUT2D eigenvalue weighted by Crippen LogP contribution is 2.28. The van der Waals surface area contributed by atoms with Gasteiger partial charge >= 0.3 is 5.97 Å². The fourth-order valence-electron chi connectivity index (χ4n) is 3.09. The molecule has 0 N–H and O–H groups in total. The fourth-order valence-corrected chi connectivity index (χ4v) is 3.09. The molecule has 0 aromatic heterocycles. The van der Waals surface area contributed by atoms with Gasteiger partial charge < -0.3 is 9.47 Å². The van der Waals surface area contributed by atoms with Crippen LogP contribution < -0.4 is 4.74 Å². The van der Waals surface area contributed by atoms with Crippen molar-refractivity contribution in [3.63, 3.8) is 0 Å². The SMILES string of the molecule is O=C(OCCN1C(=O)c2ccccc2C1=O)C1Cc2ccccc2O1. The van der Waals surface area contributed by atoms with Crippen LogP contribution in [0.5, 0.6) is 5.75 Å². The number of hydrogen-bond acceptors (Lipinski definition) is 5. The molecule has 6 nitrogen and oxygen atoms in total. The van der Waals surface area contributed by atoms with Crippen molar-refractivity contribution in [1.29, 1.82) is 0 Å². The lowest BCUT2D eigenvalue weighted by molar-refractivity contribution is -0.151. The van der Waals surface area contributed by atoms with Crippen LogP contribution in [-0.4, -0.2) is 41.9 Å². The fraction of sp³-hybridized carbons (Fsp3) is 0.211. The Kier molecular flexibility index (Phi) is 3.72. The van der Waals surface area contributed by atoms with Gasteiger partial charge in [-0.05, 0) is 23.8 Å². The van der Waals surface area contributed by atoms with Gasteiger partial charge in [-0.1, -0.05) is 30.3 Å². The highest BCUT2D eigenvalue weighted by Gasteiger charge is 2.35. The van der Waals surface area contributed by atoms with Crippen molar-refractivity contribution >= 4 is 17.8 Å².